The lowest BCUT2D eigenvalue weighted by atomic mass is 10.3. The highest BCUT2D eigenvalue weighted by atomic mass is 16.5. The molecule has 0 aliphatic carbocycles. The van der Waals surface area contributed by atoms with E-state index in [9.17, 15) is 0 Å². The van der Waals surface area contributed by atoms with E-state index in [2.05, 4.69) is 13.5 Å². The summed E-state index contributed by atoms with van der Waals surface area (Å²) in [5.74, 6) is 0. The van der Waals surface area contributed by atoms with E-state index < -0.39 is 6.10 Å². The number of hydrogen-bond donors (Lipinski definition) is 0. The number of rotatable bonds is 6. The van der Waals surface area contributed by atoms with Gasteiger partial charge in [-0.1, -0.05) is 26.3 Å². The molecule has 0 saturated carbocycles. The summed E-state index contributed by atoms with van der Waals surface area (Å²) in [5, 5.41) is 8.44. The van der Waals surface area contributed by atoms with Crippen LogP contribution in [-0.2, 0) is 4.74 Å². The number of ether oxygens (including phenoxy) is 1. The highest BCUT2D eigenvalue weighted by Gasteiger charge is 1.98. The molecule has 0 N–H and O–H groups in total. The van der Waals surface area contributed by atoms with Crippen molar-refractivity contribution in [2.45, 2.75) is 32.3 Å². The Labute approximate surface area is 68.5 Å². The second-order valence-corrected chi connectivity index (χ2v) is 2.36. The molecule has 0 heterocycles. The zero-order chi connectivity index (χ0) is 8.53. The summed E-state index contributed by atoms with van der Waals surface area (Å²) in [6.45, 7) is 6.28. The third-order valence-electron chi connectivity index (χ3n) is 1.39. The van der Waals surface area contributed by atoms with Gasteiger partial charge in [-0.05, 0) is 12.5 Å². The minimum atomic E-state index is -0.424. The maximum atomic E-state index is 8.44. The Morgan fingerprint density at radius 3 is 2.82 bits per heavy atom. The fourth-order valence-corrected chi connectivity index (χ4v) is 0.720. The molecule has 2 nitrogen and oxygen atoms in total. The highest BCUT2D eigenvalue weighted by Crippen LogP contribution is 1.97. The summed E-state index contributed by atoms with van der Waals surface area (Å²) < 4.78 is 5.16. The van der Waals surface area contributed by atoms with Gasteiger partial charge in [0.1, 0.15) is 0 Å². The van der Waals surface area contributed by atoms with Gasteiger partial charge in [0, 0.05) is 6.61 Å². The van der Waals surface area contributed by atoms with E-state index in [1.54, 1.807) is 0 Å². The summed E-state index contributed by atoms with van der Waals surface area (Å²) in [7, 11) is 0. The normalized spacial score (nSPS) is 12.0. The van der Waals surface area contributed by atoms with Crippen LogP contribution in [0.4, 0.5) is 0 Å². The van der Waals surface area contributed by atoms with Gasteiger partial charge in [0.2, 0.25) is 0 Å². The molecule has 0 spiro atoms. The van der Waals surface area contributed by atoms with Crippen molar-refractivity contribution in [3.63, 3.8) is 0 Å². The first-order valence-corrected chi connectivity index (χ1v) is 3.99. The molecule has 1 unspecified atom stereocenters. The van der Waals surface area contributed by atoms with E-state index in [-0.39, 0.29) is 0 Å². The molecule has 0 rings (SSSR count). The summed E-state index contributed by atoms with van der Waals surface area (Å²) in [6, 6.07) is 1.99. The molecule has 0 bridgehead atoms. The first-order valence-electron chi connectivity index (χ1n) is 3.99. The maximum Gasteiger partial charge on any atom is 0.161 e. The first-order chi connectivity index (χ1) is 5.35. The molecule has 2 heteroatoms. The predicted molar refractivity (Wildman–Crippen MR) is 45.1 cm³/mol. The van der Waals surface area contributed by atoms with Crippen LogP contribution >= 0.6 is 0 Å². The van der Waals surface area contributed by atoms with Crippen molar-refractivity contribution < 1.29 is 4.74 Å². The van der Waals surface area contributed by atoms with Gasteiger partial charge in [-0.3, -0.25) is 0 Å². The quantitative estimate of drug-likeness (QED) is 0.433. The minimum absolute atomic E-state index is 0.424. The van der Waals surface area contributed by atoms with Crippen LogP contribution in [0.3, 0.4) is 0 Å². The van der Waals surface area contributed by atoms with E-state index in [0.717, 1.165) is 12.8 Å². The zero-order valence-electron chi connectivity index (χ0n) is 7.05. The van der Waals surface area contributed by atoms with Gasteiger partial charge in [-0.15, -0.1) is 0 Å². The summed E-state index contributed by atoms with van der Waals surface area (Å²) >= 11 is 0. The second-order valence-electron chi connectivity index (χ2n) is 2.36. The molecule has 0 aromatic rings. The van der Waals surface area contributed by atoms with Crippen molar-refractivity contribution in [3.05, 3.63) is 12.7 Å². The summed E-state index contributed by atoms with van der Waals surface area (Å²) in [6.07, 6.45) is 4.46. The Morgan fingerprint density at radius 2 is 2.36 bits per heavy atom. The van der Waals surface area contributed by atoms with Crippen molar-refractivity contribution in [2.75, 3.05) is 6.61 Å². The lowest BCUT2D eigenvalue weighted by molar-refractivity contribution is 0.116. The minimum Gasteiger partial charge on any atom is -0.359 e. The Bertz CT molecular complexity index is 137. The number of nitriles is 1. The molecule has 0 fully saturated rings. The molecule has 0 aliphatic rings. The van der Waals surface area contributed by atoms with Crippen LogP contribution in [0, 0.1) is 11.3 Å². The van der Waals surface area contributed by atoms with Gasteiger partial charge < -0.3 is 4.74 Å². The molecule has 0 aliphatic heterocycles. The smallest absolute Gasteiger partial charge is 0.161 e. The van der Waals surface area contributed by atoms with E-state index >= 15 is 0 Å². The monoisotopic (exact) mass is 153 g/mol. The maximum absolute atomic E-state index is 8.44. The lowest BCUT2D eigenvalue weighted by Gasteiger charge is -2.04. The SMILES string of the molecule is C=CC(C#N)OCCCCC. The second kappa shape index (κ2) is 7.30. The molecule has 0 aromatic carbocycles. The van der Waals surface area contributed by atoms with Crippen LogP contribution in [0.2, 0.25) is 0 Å². The summed E-state index contributed by atoms with van der Waals surface area (Å²) in [4.78, 5) is 0. The van der Waals surface area contributed by atoms with Gasteiger partial charge in [0.15, 0.2) is 6.10 Å². The molecule has 62 valence electrons. The third-order valence-corrected chi connectivity index (χ3v) is 1.39. The van der Waals surface area contributed by atoms with Crippen molar-refractivity contribution in [1.82, 2.24) is 0 Å². The number of unbranched alkanes of at least 4 members (excludes halogenated alkanes) is 2. The standard InChI is InChI=1S/C9H15NO/c1-3-5-6-7-11-9(4-2)8-10/h4,9H,2-3,5-7H2,1H3. The molecule has 0 radical (unpaired) electrons. The zero-order valence-corrected chi connectivity index (χ0v) is 7.05. The van der Waals surface area contributed by atoms with E-state index in [0.29, 0.717) is 6.61 Å². The number of nitrogens with zero attached hydrogens (tertiary/aromatic N) is 1. The van der Waals surface area contributed by atoms with Crippen LogP contribution in [0.15, 0.2) is 12.7 Å². The van der Waals surface area contributed by atoms with E-state index in [1.165, 1.54) is 12.5 Å². The molecule has 0 saturated heterocycles. The first kappa shape index (κ1) is 10.2. The molecule has 11 heavy (non-hydrogen) atoms. The van der Waals surface area contributed by atoms with Crippen LogP contribution in [0.25, 0.3) is 0 Å². The molecule has 1 atom stereocenters. The van der Waals surface area contributed by atoms with Gasteiger partial charge in [-0.2, -0.15) is 5.26 Å². The van der Waals surface area contributed by atoms with Gasteiger partial charge in [0.05, 0.1) is 6.07 Å². The Balaban J connectivity index is 3.23. The number of hydrogen-bond acceptors (Lipinski definition) is 2. The van der Waals surface area contributed by atoms with Crippen molar-refractivity contribution >= 4 is 0 Å². The van der Waals surface area contributed by atoms with Crippen molar-refractivity contribution in [3.8, 4) is 6.07 Å². The van der Waals surface area contributed by atoms with Gasteiger partial charge >= 0.3 is 0 Å². The largest absolute Gasteiger partial charge is 0.359 e. The van der Waals surface area contributed by atoms with Crippen molar-refractivity contribution in [1.29, 1.82) is 5.26 Å². The van der Waals surface area contributed by atoms with Crippen LogP contribution in [0.1, 0.15) is 26.2 Å². The fraction of sp³-hybridized carbons (Fsp3) is 0.667. The lowest BCUT2D eigenvalue weighted by Crippen LogP contribution is -2.07. The Kier molecular flexibility index (Phi) is 6.76. The molecule has 0 aromatic heterocycles. The van der Waals surface area contributed by atoms with Crippen LogP contribution in [0.5, 0.6) is 0 Å². The molecule has 0 amide bonds. The molecular weight excluding hydrogens is 138 g/mol. The topological polar surface area (TPSA) is 33.0 Å². The molecular formula is C9H15NO. The van der Waals surface area contributed by atoms with Gasteiger partial charge in [-0.25, -0.2) is 0 Å². The van der Waals surface area contributed by atoms with Crippen LogP contribution in [-0.4, -0.2) is 12.7 Å². The van der Waals surface area contributed by atoms with Crippen LogP contribution < -0.4 is 0 Å². The Morgan fingerprint density at radius 1 is 1.64 bits per heavy atom. The highest BCUT2D eigenvalue weighted by molar-refractivity contribution is 4.97. The van der Waals surface area contributed by atoms with Crippen molar-refractivity contribution in [2.24, 2.45) is 0 Å². The summed E-state index contributed by atoms with van der Waals surface area (Å²) in [5.41, 5.74) is 0. The third kappa shape index (κ3) is 5.63. The average Bonchev–Trinajstić information content (AvgIpc) is 2.05. The van der Waals surface area contributed by atoms with Gasteiger partial charge in [0.25, 0.3) is 0 Å². The predicted octanol–water partition coefficient (Wildman–Crippen LogP) is 2.27. The Hall–Kier alpha value is -0.810. The van der Waals surface area contributed by atoms with E-state index in [1.807, 2.05) is 6.07 Å². The average molecular weight is 153 g/mol. The fourth-order valence-electron chi connectivity index (χ4n) is 0.720. The van der Waals surface area contributed by atoms with E-state index in [4.69, 9.17) is 10.00 Å².